The topological polar surface area (TPSA) is 53.2 Å². The minimum atomic E-state index is -3.40. The van der Waals surface area contributed by atoms with Gasteiger partial charge in [-0.25, -0.2) is 8.42 Å². The number of halogens is 1. The van der Waals surface area contributed by atoms with Crippen molar-refractivity contribution in [2.45, 2.75) is 29.9 Å². The second kappa shape index (κ2) is 6.43. The summed E-state index contributed by atoms with van der Waals surface area (Å²) >= 11 is 7.40. The first-order chi connectivity index (χ1) is 11.9. The van der Waals surface area contributed by atoms with Crippen LogP contribution in [-0.4, -0.2) is 30.8 Å². The van der Waals surface area contributed by atoms with Crippen LogP contribution in [0, 0.1) is 6.92 Å². The highest BCUT2D eigenvalue weighted by atomic mass is 35.5. The molecule has 0 spiro atoms. The SMILES string of the molecule is Cc1ccc(S(=O)(=O)N2CCCC(c3cc4cc(Cl)ccc4[nH]3)C2)s1. The molecule has 1 fully saturated rings. The predicted molar refractivity (Wildman–Crippen MR) is 103 cm³/mol. The van der Waals surface area contributed by atoms with Crippen LogP contribution in [0.15, 0.2) is 40.6 Å². The van der Waals surface area contributed by atoms with Crippen LogP contribution < -0.4 is 0 Å². The maximum absolute atomic E-state index is 12.9. The molecule has 1 atom stereocenters. The molecule has 0 aliphatic carbocycles. The van der Waals surface area contributed by atoms with Gasteiger partial charge in [-0.1, -0.05) is 11.6 Å². The molecule has 1 aromatic carbocycles. The monoisotopic (exact) mass is 394 g/mol. The fourth-order valence-corrected chi connectivity index (χ4v) is 6.58. The van der Waals surface area contributed by atoms with E-state index >= 15 is 0 Å². The Morgan fingerprint density at radius 2 is 2.08 bits per heavy atom. The second-order valence-electron chi connectivity index (χ2n) is 6.52. The number of hydrogen-bond donors (Lipinski definition) is 1. The maximum atomic E-state index is 12.9. The molecule has 2 aromatic heterocycles. The first-order valence-electron chi connectivity index (χ1n) is 8.28. The predicted octanol–water partition coefficient (Wildman–Crippen LogP) is 4.76. The Hall–Kier alpha value is -1.34. The molecule has 1 N–H and O–H groups in total. The Balaban J connectivity index is 1.61. The molecule has 25 heavy (non-hydrogen) atoms. The smallest absolute Gasteiger partial charge is 0.252 e. The van der Waals surface area contributed by atoms with Crippen LogP contribution in [0.5, 0.6) is 0 Å². The van der Waals surface area contributed by atoms with Crippen molar-refractivity contribution in [1.29, 1.82) is 0 Å². The quantitative estimate of drug-likeness (QED) is 0.696. The van der Waals surface area contributed by atoms with E-state index in [0.29, 0.717) is 22.3 Å². The van der Waals surface area contributed by atoms with Gasteiger partial charge in [0.25, 0.3) is 10.0 Å². The molecule has 1 aliphatic heterocycles. The number of aromatic amines is 1. The minimum absolute atomic E-state index is 0.177. The van der Waals surface area contributed by atoms with Gasteiger partial charge < -0.3 is 4.98 Å². The zero-order valence-corrected chi connectivity index (χ0v) is 16.2. The summed E-state index contributed by atoms with van der Waals surface area (Å²) in [6.07, 6.45) is 1.85. The molecular formula is C18H19ClN2O2S2. The Kier molecular flexibility index (Phi) is 4.40. The number of rotatable bonds is 3. The van der Waals surface area contributed by atoms with Gasteiger partial charge >= 0.3 is 0 Å². The molecule has 1 saturated heterocycles. The zero-order valence-electron chi connectivity index (χ0n) is 13.8. The van der Waals surface area contributed by atoms with Gasteiger partial charge in [0.05, 0.1) is 0 Å². The van der Waals surface area contributed by atoms with Gasteiger partial charge in [0, 0.05) is 45.5 Å². The molecule has 3 heterocycles. The van der Waals surface area contributed by atoms with Crippen LogP contribution in [0.1, 0.15) is 29.3 Å². The van der Waals surface area contributed by atoms with E-state index in [1.807, 2.05) is 31.2 Å². The average molecular weight is 395 g/mol. The van der Waals surface area contributed by atoms with Crippen molar-refractivity contribution in [3.05, 3.63) is 52.0 Å². The van der Waals surface area contributed by atoms with Gasteiger partial charge in [0.1, 0.15) is 4.21 Å². The van der Waals surface area contributed by atoms with Crippen molar-refractivity contribution >= 4 is 43.9 Å². The van der Waals surface area contributed by atoms with E-state index in [0.717, 1.165) is 34.3 Å². The van der Waals surface area contributed by atoms with Gasteiger partial charge in [-0.05, 0) is 56.2 Å². The van der Waals surface area contributed by atoms with E-state index in [1.165, 1.54) is 11.3 Å². The molecular weight excluding hydrogens is 376 g/mol. The molecule has 1 unspecified atom stereocenters. The number of benzene rings is 1. The fourth-order valence-electron chi connectivity index (χ4n) is 3.44. The summed E-state index contributed by atoms with van der Waals surface area (Å²) in [6.45, 7) is 3.03. The van der Waals surface area contributed by atoms with Gasteiger partial charge in [0.2, 0.25) is 0 Å². The van der Waals surface area contributed by atoms with E-state index in [9.17, 15) is 8.42 Å². The Bertz CT molecular complexity index is 1020. The highest BCUT2D eigenvalue weighted by Gasteiger charge is 2.32. The van der Waals surface area contributed by atoms with Crippen LogP contribution in [0.3, 0.4) is 0 Å². The van der Waals surface area contributed by atoms with Crippen LogP contribution in [0.2, 0.25) is 5.02 Å². The molecule has 7 heteroatoms. The number of fused-ring (bicyclic) bond motifs is 1. The summed E-state index contributed by atoms with van der Waals surface area (Å²) in [4.78, 5) is 4.44. The lowest BCUT2D eigenvalue weighted by Gasteiger charge is -2.31. The Labute approximate surface area is 156 Å². The zero-order chi connectivity index (χ0) is 17.6. The number of H-pyrrole nitrogens is 1. The first-order valence-corrected chi connectivity index (χ1v) is 10.9. The summed E-state index contributed by atoms with van der Waals surface area (Å²) in [7, 11) is -3.40. The lowest BCUT2D eigenvalue weighted by atomic mass is 9.96. The summed E-state index contributed by atoms with van der Waals surface area (Å²) in [5, 5.41) is 1.77. The van der Waals surface area contributed by atoms with Crippen LogP contribution >= 0.6 is 22.9 Å². The van der Waals surface area contributed by atoms with Gasteiger partial charge in [-0.3, -0.25) is 0 Å². The van der Waals surface area contributed by atoms with Crippen molar-refractivity contribution in [3.8, 4) is 0 Å². The van der Waals surface area contributed by atoms with E-state index in [1.54, 1.807) is 10.4 Å². The number of aromatic nitrogens is 1. The third-order valence-electron chi connectivity index (χ3n) is 4.74. The van der Waals surface area contributed by atoms with Crippen LogP contribution in [-0.2, 0) is 10.0 Å². The number of thiophene rings is 1. The molecule has 132 valence electrons. The summed E-state index contributed by atoms with van der Waals surface area (Å²) in [5.41, 5.74) is 2.12. The molecule has 0 amide bonds. The molecule has 0 radical (unpaired) electrons. The van der Waals surface area contributed by atoms with Gasteiger partial charge in [0.15, 0.2) is 0 Å². The van der Waals surface area contributed by atoms with E-state index in [-0.39, 0.29) is 5.92 Å². The number of hydrogen-bond acceptors (Lipinski definition) is 3. The van der Waals surface area contributed by atoms with Gasteiger partial charge in [-0.15, -0.1) is 11.3 Å². The van der Waals surface area contributed by atoms with Crippen LogP contribution in [0.4, 0.5) is 0 Å². The normalized spacial score (nSPS) is 19.5. The minimum Gasteiger partial charge on any atom is -0.358 e. The Morgan fingerprint density at radius 1 is 1.24 bits per heavy atom. The molecule has 1 aliphatic rings. The van der Waals surface area contributed by atoms with Crippen molar-refractivity contribution in [1.82, 2.24) is 9.29 Å². The maximum Gasteiger partial charge on any atom is 0.252 e. The molecule has 3 aromatic rings. The van der Waals surface area contributed by atoms with Crippen molar-refractivity contribution in [3.63, 3.8) is 0 Å². The average Bonchev–Trinajstić information content (AvgIpc) is 3.21. The number of sulfonamides is 1. The molecule has 4 rings (SSSR count). The van der Waals surface area contributed by atoms with Crippen molar-refractivity contribution in [2.24, 2.45) is 0 Å². The summed E-state index contributed by atoms with van der Waals surface area (Å²) in [6, 6.07) is 11.4. The van der Waals surface area contributed by atoms with E-state index in [4.69, 9.17) is 11.6 Å². The number of aryl methyl sites for hydroxylation is 1. The highest BCUT2D eigenvalue weighted by Crippen LogP contribution is 2.33. The summed E-state index contributed by atoms with van der Waals surface area (Å²) < 4.78 is 27.9. The first kappa shape index (κ1) is 17.1. The third-order valence-corrected chi connectivity index (χ3v) is 8.31. The summed E-state index contributed by atoms with van der Waals surface area (Å²) in [5.74, 6) is 0.177. The van der Waals surface area contributed by atoms with E-state index < -0.39 is 10.0 Å². The van der Waals surface area contributed by atoms with E-state index in [2.05, 4.69) is 11.1 Å². The molecule has 4 nitrogen and oxygen atoms in total. The third kappa shape index (κ3) is 3.24. The second-order valence-corrected chi connectivity index (χ2v) is 10.4. The number of nitrogens with one attached hydrogen (secondary N) is 1. The highest BCUT2D eigenvalue weighted by molar-refractivity contribution is 7.91. The lowest BCUT2D eigenvalue weighted by Crippen LogP contribution is -2.38. The van der Waals surface area contributed by atoms with Crippen molar-refractivity contribution in [2.75, 3.05) is 13.1 Å². The van der Waals surface area contributed by atoms with Crippen LogP contribution in [0.25, 0.3) is 10.9 Å². The fraction of sp³-hybridized carbons (Fsp3) is 0.333. The molecule has 0 bridgehead atoms. The lowest BCUT2D eigenvalue weighted by molar-refractivity contribution is 0.314. The standard InChI is InChI=1S/C18H19ClN2O2S2/c1-12-4-7-18(24-12)25(22,23)21-8-2-3-13(11-21)17-10-14-9-15(19)5-6-16(14)20-17/h4-7,9-10,13,20H,2-3,8,11H2,1H3. The Morgan fingerprint density at radius 3 is 2.84 bits per heavy atom. The molecule has 0 saturated carbocycles. The van der Waals surface area contributed by atoms with Crippen molar-refractivity contribution < 1.29 is 8.42 Å². The van der Waals surface area contributed by atoms with Gasteiger partial charge in [-0.2, -0.15) is 4.31 Å². The largest absolute Gasteiger partial charge is 0.358 e. The number of nitrogens with zero attached hydrogens (tertiary/aromatic N) is 1. The number of piperidine rings is 1.